The second-order valence-electron chi connectivity index (χ2n) is 7.93. The van der Waals surface area contributed by atoms with E-state index in [4.69, 9.17) is 10.5 Å². The number of ether oxygens (including phenoxy) is 1. The van der Waals surface area contributed by atoms with E-state index in [0.29, 0.717) is 23.1 Å². The number of carbonyl (C=O) groups is 1. The topological polar surface area (TPSA) is 60.5 Å². The molecule has 1 amide bonds. The van der Waals surface area contributed by atoms with Gasteiger partial charge in [0.05, 0.1) is 24.3 Å². The third kappa shape index (κ3) is 5.30. The molecule has 31 heavy (non-hydrogen) atoms. The van der Waals surface area contributed by atoms with Gasteiger partial charge in [0.15, 0.2) is 0 Å². The van der Waals surface area contributed by atoms with Gasteiger partial charge >= 0.3 is 6.18 Å². The smallest absolute Gasteiger partial charge is 0.379 e. The number of nitrogens with zero attached hydrogens (tertiary/aromatic N) is 2. The molecule has 2 N–H and O–H groups in total. The van der Waals surface area contributed by atoms with Gasteiger partial charge < -0.3 is 15.0 Å². The van der Waals surface area contributed by atoms with Crippen LogP contribution in [0.25, 0.3) is 11.1 Å². The SMILES string of the molecule is CCCc1c(-c2ccc(C(F)(F)F)cc2)c(C(N)=O)c(C)n1CCCN1CCOCC1. The minimum absolute atomic E-state index is 0.398. The molecule has 0 radical (unpaired) electrons. The van der Waals surface area contributed by atoms with Gasteiger partial charge in [-0.15, -0.1) is 0 Å². The molecule has 2 aromatic rings. The highest BCUT2D eigenvalue weighted by atomic mass is 19.4. The molecule has 0 aliphatic carbocycles. The Morgan fingerprint density at radius 1 is 1.13 bits per heavy atom. The number of benzene rings is 1. The highest BCUT2D eigenvalue weighted by Crippen LogP contribution is 2.36. The van der Waals surface area contributed by atoms with Crippen molar-refractivity contribution in [3.05, 3.63) is 46.8 Å². The quantitative estimate of drug-likeness (QED) is 0.672. The third-order valence-corrected chi connectivity index (χ3v) is 5.82. The molecule has 0 saturated carbocycles. The van der Waals surface area contributed by atoms with E-state index >= 15 is 0 Å². The molecule has 0 atom stereocenters. The fourth-order valence-electron chi connectivity index (χ4n) is 4.31. The molecule has 1 aliphatic heterocycles. The molecule has 5 nitrogen and oxygen atoms in total. The number of primary amides is 1. The van der Waals surface area contributed by atoms with Crippen molar-refractivity contribution in [2.24, 2.45) is 5.73 Å². The first-order valence-corrected chi connectivity index (χ1v) is 10.7. The number of morpholine rings is 1. The zero-order valence-electron chi connectivity index (χ0n) is 18.1. The first-order valence-electron chi connectivity index (χ1n) is 10.7. The van der Waals surface area contributed by atoms with Gasteiger partial charge in [-0.2, -0.15) is 13.2 Å². The van der Waals surface area contributed by atoms with Crippen molar-refractivity contribution >= 4 is 5.91 Å². The van der Waals surface area contributed by atoms with Crippen molar-refractivity contribution in [2.45, 2.75) is 45.8 Å². The summed E-state index contributed by atoms with van der Waals surface area (Å²) in [5, 5.41) is 0. The van der Waals surface area contributed by atoms with E-state index in [1.807, 2.05) is 13.8 Å². The minimum atomic E-state index is -4.40. The summed E-state index contributed by atoms with van der Waals surface area (Å²) < 4.78 is 46.5. The molecule has 8 heteroatoms. The monoisotopic (exact) mass is 437 g/mol. The van der Waals surface area contributed by atoms with Gasteiger partial charge in [-0.25, -0.2) is 0 Å². The highest BCUT2D eigenvalue weighted by Gasteiger charge is 2.31. The molecule has 1 aliphatic rings. The van der Waals surface area contributed by atoms with Crippen LogP contribution in [0.1, 0.15) is 47.1 Å². The van der Waals surface area contributed by atoms with Crippen LogP contribution >= 0.6 is 0 Å². The number of rotatable bonds is 8. The minimum Gasteiger partial charge on any atom is -0.379 e. The van der Waals surface area contributed by atoms with Gasteiger partial charge in [0.1, 0.15) is 0 Å². The van der Waals surface area contributed by atoms with E-state index in [9.17, 15) is 18.0 Å². The molecule has 0 unspecified atom stereocenters. The molecule has 1 aromatic carbocycles. The second-order valence-corrected chi connectivity index (χ2v) is 7.93. The van der Waals surface area contributed by atoms with Crippen LogP contribution in [0.5, 0.6) is 0 Å². The van der Waals surface area contributed by atoms with E-state index < -0.39 is 17.6 Å². The molecule has 1 saturated heterocycles. The Morgan fingerprint density at radius 2 is 1.77 bits per heavy atom. The van der Waals surface area contributed by atoms with Crippen LogP contribution in [0.4, 0.5) is 13.2 Å². The zero-order chi connectivity index (χ0) is 22.6. The standard InChI is InChI=1S/C23H30F3N3O2/c1-3-5-19-21(17-6-8-18(9-7-17)23(24,25)26)20(22(27)30)16(2)29(19)11-4-10-28-12-14-31-15-13-28/h6-9H,3-5,10-15H2,1-2H3,(H2,27,30). The summed E-state index contributed by atoms with van der Waals surface area (Å²) in [7, 11) is 0. The molecule has 1 fully saturated rings. The van der Waals surface area contributed by atoms with Crippen molar-refractivity contribution in [1.29, 1.82) is 0 Å². The summed E-state index contributed by atoms with van der Waals surface area (Å²) >= 11 is 0. The number of carbonyl (C=O) groups excluding carboxylic acids is 1. The number of nitrogens with two attached hydrogens (primary N) is 1. The van der Waals surface area contributed by atoms with Crippen molar-refractivity contribution in [3.63, 3.8) is 0 Å². The van der Waals surface area contributed by atoms with E-state index in [1.165, 1.54) is 12.1 Å². The maximum atomic E-state index is 13.0. The molecule has 0 bridgehead atoms. The summed E-state index contributed by atoms with van der Waals surface area (Å²) in [6.07, 6.45) is -1.95. The Labute approximate surface area is 181 Å². The van der Waals surface area contributed by atoms with Gasteiger partial charge in [0.25, 0.3) is 5.91 Å². The largest absolute Gasteiger partial charge is 0.416 e. The molecule has 3 rings (SSSR count). The van der Waals surface area contributed by atoms with Crippen LogP contribution in [0.3, 0.4) is 0 Å². The Kier molecular flexibility index (Phi) is 7.43. The molecule has 0 spiro atoms. The zero-order valence-corrected chi connectivity index (χ0v) is 18.1. The maximum Gasteiger partial charge on any atom is 0.416 e. The number of amides is 1. The Balaban J connectivity index is 1.95. The van der Waals surface area contributed by atoms with Crippen LogP contribution in [0, 0.1) is 6.92 Å². The molecule has 2 heterocycles. The van der Waals surface area contributed by atoms with Crippen LogP contribution in [0.2, 0.25) is 0 Å². The lowest BCUT2D eigenvalue weighted by Gasteiger charge is -2.26. The van der Waals surface area contributed by atoms with Gasteiger partial charge in [-0.3, -0.25) is 9.69 Å². The Bertz CT molecular complexity index is 898. The predicted molar refractivity (Wildman–Crippen MR) is 114 cm³/mol. The van der Waals surface area contributed by atoms with Gasteiger partial charge in [-0.05, 0) is 37.5 Å². The second kappa shape index (κ2) is 9.87. The fraction of sp³-hybridized carbons (Fsp3) is 0.522. The lowest BCUT2D eigenvalue weighted by Crippen LogP contribution is -2.37. The van der Waals surface area contributed by atoms with Crippen molar-refractivity contribution in [2.75, 3.05) is 32.8 Å². The normalized spacial score (nSPS) is 15.4. The summed E-state index contributed by atoms with van der Waals surface area (Å²) in [6.45, 7) is 8.86. The van der Waals surface area contributed by atoms with Crippen LogP contribution in [0.15, 0.2) is 24.3 Å². The van der Waals surface area contributed by atoms with Gasteiger partial charge in [0.2, 0.25) is 0 Å². The number of alkyl halides is 3. The summed E-state index contributed by atoms with van der Waals surface area (Å²) in [5.74, 6) is -0.559. The average molecular weight is 438 g/mol. The summed E-state index contributed by atoms with van der Waals surface area (Å²) in [6, 6.07) is 4.98. The first kappa shape index (κ1) is 23.3. The van der Waals surface area contributed by atoms with E-state index in [-0.39, 0.29) is 0 Å². The van der Waals surface area contributed by atoms with Gasteiger partial charge in [-0.1, -0.05) is 25.5 Å². The Hall–Kier alpha value is -2.32. The summed E-state index contributed by atoms with van der Waals surface area (Å²) in [5.41, 5.74) is 8.37. The van der Waals surface area contributed by atoms with Crippen LogP contribution in [-0.4, -0.2) is 48.2 Å². The predicted octanol–water partition coefficient (Wildman–Crippen LogP) is 4.26. The summed E-state index contributed by atoms with van der Waals surface area (Å²) in [4.78, 5) is 14.7. The first-order chi connectivity index (χ1) is 14.7. The van der Waals surface area contributed by atoms with Crippen LogP contribution in [-0.2, 0) is 23.9 Å². The average Bonchev–Trinajstić information content (AvgIpc) is 3.00. The van der Waals surface area contributed by atoms with Crippen molar-refractivity contribution < 1.29 is 22.7 Å². The molecular formula is C23H30F3N3O2. The van der Waals surface area contributed by atoms with Gasteiger partial charge in [0, 0.05) is 43.1 Å². The maximum absolute atomic E-state index is 13.0. The molecular weight excluding hydrogens is 407 g/mol. The number of halogens is 3. The van der Waals surface area contributed by atoms with E-state index in [0.717, 1.165) is 75.8 Å². The fourth-order valence-corrected chi connectivity index (χ4v) is 4.31. The lowest BCUT2D eigenvalue weighted by molar-refractivity contribution is -0.137. The Morgan fingerprint density at radius 3 is 2.32 bits per heavy atom. The van der Waals surface area contributed by atoms with Crippen LogP contribution < -0.4 is 5.73 Å². The van der Waals surface area contributed by atoms with E-state index in [2.05, 4.69) is 9.47 Å². The highest BCUT2D eigenvalue weighted by molar-refractivity contribution is 6.02. The lowest BCUT2D eigenvalue weighted by atomic mass is 9.97. The third-order valence-electron chi connectivity index (χ3n) is 5.82. The molecule has 170 valence electrons. The van der Waals surface area contributed by atoms with E-state index in [1.54, 1.807) is 0 Å². The molecule has 1 aromatic heterocycles. The number of hydrogen-bond donors (Lipinski definition) is 1. The van der Waals surface area contributed by atoms with Crippen molar-refractivity contribution in [1.82, 2.24) is 9.47 Å². The van der Waals surface area contributed by atoms with Crippen molar-refractivity contribution in [3.8, 4) is 11.1 Å². The number of hydrogen-bond acceptors (Lipinski definition) is 3. The number of aromatic nitrogens is 1.